The fourth-order valence-electron chi connectivity index (χ4n) is 3.61. The summed E-state index contributed by atoms with van der Waals surface area (Å²) in [6, 6.07) is 11.6. The van der Waals surface area contributed by atoms with Crippen LogP contribution in [0.1, 0.15) is 40.6 Å². The third kappa shape index (κ3) is 6.63. The predicted octanol–water partition coefficient (Wildman–Crippen LogP) is 3.20. The van der Waals surface area contributed by atoms with Crippen molar-refractivity contribution in [2.24, 2.45) is 5.92 Å². The van der Waals surface area contributed by atoms with Crippen molar-refractivity contribution in [1.29, 1.82) is 0 Å². The number of nitrogens with one attached hydrogen (secondary N) is 2. The SMILES string of the molecule is CCOC(=O)c1sc(NC(=O)CN2CCC(C(=O)NCc3ccccc3)CC2)cc1C. The van der Waals surface area contributed by atoms with Gasteiger partial charge in [0.05, 0.1) is 18.2 Å². The Bertz CT molecular complexity index is 905. The highest BCUT2D eigenvalue weighted by Crippen LogP contribution is 2.27. The van der Waals surface area contributed by atoms with Crippen molar-refractivity contribution in [1.82, 2.24) is 10.2 Å². The second-order valence-electron chi connectivity index (χ2n) is 7.65. The van der Waals surface area contributed by atoms with E-state index in [0.29, 0.717) is 36.1 Å². The van der Waals surface area contributed by atoms with Gasteiger partial charge in [-0.3, -0.25) is 14.5 Å². The third-order valence-corrected chi connectivity index (χ3v) is 6.41. The van der Waals surface area contributed by atoms with E-state index in [9.17, 15) is 14.4 Å². The smallest absolute Gasteiger partial charge is 0.348 e. The highest BCUT2D eigenvalue weighted by Gasteiger charge is 2.26. The zero-order valence-electron chi connectivity index (χ0n) is 18.0. The van der Waals surface area contributed by atoms with E-state index in [4.69, 9.17) is 4.74 Å². The molecule has 1 saturated heterocycles. The maximum atomic E-state index is 12.4. The number of hydrogen-bond donors (Lipinski definition) is 2. The van der Waals surface area contributed by atoms with Gasteiger partial charge in [-0.15, -0.1) is 11.3 Å². The van der Waals surface area contributed by atoms with E-state index in [1.165, 1.54) is 11.3 Å². The highest BCUT2D eigenvalue weighted by molar-refractivity contribution is 7.18. The summed E-state index contributed by atoms with van der Waals surface area (Å²) in [4.78, 5) is 39.4. The van der Waals surface area contributed by atoms with Crippen molar-refractivity contribution in [2.45, 2.75) is 33.2 Å². The van der Waals surface area contributed by atoms with Crippen LogP contribution in [0.15, 0.2) is 36.4 Å². The molecule has 3 rings (SSSR count). The molecule has 2 heterocycles. The third-order valence-electron chi connectivity index (χ3n) is 5.28. The standard InChI is InChI=1S/C23H29N3O4S/c1-3-30-23(29)21-16(2)13-20(31-21)25-19(27)15-26-11-9-18(10-12-26)22(28)24-14-17-7-5-4-6-8-17/h4-8,13,18H,3,9-12,14-15H2,1-2H3,(H,24,28)(H,25,27). The van der Waals surface area contributed by atoms with Crippen molar-refractivity contribution < 1.29 is 19.1 Å². The number of benzene rings is 1. The van der Waals surface area contributed by atoms with Crippen molar-refractivity contribution in [3.63, 3.8) is 0 Å². The molecule has 1 aliphatic rings. The lowest BCUT2D eigenvalue weighted by atomic mass is 9.96. The lowest BCUT2D eigenvalue weighted by molar-refractivity contribution is -0.126. The molecular formula is C23H29N3O4S. The number of aryl methyl sites for hydroxylation is 1. The Labute approximate surface area is 186 Å². The number of carbonyl (C=O) groups excluding carboxylic acids is 3. The van der Waals surface area contributed by atoms with Gasteiger partial charge in [0.1, 0.15) is 4.88 Å². The molecule has 2 aromatic rings. The first-order valence-corrected chi connectivity index (χ1v) is 11.4. The average molecular weight is 444 g/mol. The van der Waals surface area contributed by atoms with Gasteiger partial charge in [-0.1, -0.05) is 30.3 Å². The number of piperidine rings is 1. The van der Waals surface area contributed by atoms with Crippen molar-refractivity contribution >= 4 is 34.1 Å². The lowest BCUT2D eigenvalue weighted by Gasteiger charge is -2.30. The van der Waals surface area contributed by atoms with E-state index in [1.54, 1.807) is 13.0 Å². The van der Waals surface area contributed by atoms with Crippen LogP contribution in [-0.2, 0) is 20.9 Å². The summed E-state index contributed by atoms with van der Waals surface area (Å²) in [7, 11) is 0. The first-order valence-electron chi connectivity index (χ1n) is 10.6. The number of nitrogens with zero attached hydrogens (tertiary/aromatic N) is 1. The summed E-state index contributed by atoms with van der Waals surface area (Å²) in [5.41, 5.74) is 1.88. The van der Waals surface area contributed by atoms with Gasteiger partial charge in [-0.25, -0.2) is 4.79 Å². The number of anilines is 1. The van der Waals surface area contributed by atoms with E-state index >= 15 is 0 Å². The molecule has 8 heteroatoms. The molecule has 0 spiro atoms. The fourth-order valence-corrected chi connectivity index (χ4v) is 4.59. The molecule has 2 amide bonds. The summed E-state index contributed by atoms with van der Waals surface area (Å²) in [5, 5.41) is 6.52. The van der Waals surface area contributed by atoms with Crippen molar-refractivity contribution in [3.05, 3.63) is 52.4 Å². The zero-order valence-corrected chi connectivity index (χ0v) is 18.8. The minimum Gasteiger partial charge on any atom is -0.462 e. The summed E-state index contributed by atoms with van der Waals surface area (Å²) in [6.45, 7) is 6.12. The van der Waals surface area contributed by atoms with Crippen LogP contribution in [0.4, 0.5) is 5.00 Å². The molecule has 0 radical (unpaired) electrons. The van der Waals surface area contributed by atoms with E-state index < -0.39 is 0 Å². The summed E-state index contributed by atoms with van der Waals surface area (Å²) >= 11 is 1.23. The fraction of sp³-hybridized carbons (Fsp3) is 0.435. The average Bonchev–Trinajstić information content (AvgIpc) is 3.13. The lowest BCUT2D eigenvalue weighted by Crippen LogP contribution is -2.43. The molecule has 0 saturated carbocycles. The maximum Gasteiger partial charge on any atom is 0.348 e. The van der Waals surface area contributed by atoms with Gasteiger partial charge in [0, 0.05) is 12.5 Å². The van der Waals surface area contributed by atoms with Gasteiger partial charge in [-0.05, 0) is 57.0 Å². The van der Waals surface area contributed by atoms with Crippen LogP contribution >= 0.6 is 11.3 Å². The number of thiophene rings is 1. The number of rotatable bonds is 8. The van der Waals surface area contributed by atoms with Crippen LogP contribution in [0.3, 0.4) is 0 Å². The van der Waals surface area contributed by atoms with Crippen LogP contribution in [0.25, 0.3) is 0 Å². The molecule has 31 heavy (non-hydrogen) atoms. The van der Waals surface area contributed by atoms with E-state index in [0.717, 1.165) is 24.0 Å². The van der Waals surface area contributed by atoms with Crippen LogP contribution in [0.5, 0.6) is 0 Å². The Balaban J connectivity index is 1.41. The first-order chi connectivity index (χ1) is 15.0. The molecule has 7 nitrogen and oxygen atoms in total. The minimum absolute atomic E-state index is 0.0184. The van der Waals surface area contributed by atoms with Crippen molar-refractivity contribution in [3.8, 4) is 0 Å². The maximum absolute atomic E-state index is 12.4. The molecule has 0 aliphatic carbocycles. The summed E-state index contributed by atoms with van der Waals surface area (Å²) in [6.07, 6.45) is 1.47. The van der Waals surface area contributed by atoms with Gasteiger partial charge < -0.3 is 15.4 Å². The molecule has 0 unspecified atom stereocenters. The molecule has 1 fully saturated rings. The molecule has 1 aliphatic heterocycles. The normalized spacial score (nSPS) is 14.8. The number of hydrogen-bond acceptors (Lipinski definition) is 6. The topological polar surface area (TPSA) is 87.7 Å². The number of amides is 2. The summed E-state index contributed by atoms with van der Waals surface area (Å²) < 4.78 is 5.04. The number of carbonyl (C=O) groups is 3. The molecule has 1 aromatic heterocycles. The number of ether oxygens (including phenoxy) is 1. The molecule has 2 N–H and O–H groups in total. The second kappa shape index (κ2) is 11.1. The Hall–Kier alpha value is -2.71. The number of likely N-dealkylation sites (tertiary alicyclic amines) is 1. The first kappa shape index (κ1) is 23.0. The number of esters is 1. The van der Waals surface area contributed by atoms with Crippen LogP contribution in [0, 0.1) is 12.8 Å². The Kier molecular flexibility index (Phi) is 8.20. The quantitative estimate of drug-likeness (QED) is 0.612. The van der Waals surface area contributed by atoms with Gasteiger partial charge in [-0.2, -0.15) is 0 Å². The Morgan fingerprint density at radius 3 is 2.55 bits per heavy atom. The van der Waals surface area contributed by atoms with Gasteiger partial charge in [0.25, 0.3) is 0 Å². The van der Waals surface area contributed by atoms with Gasteiger partial charge in [0.15, 0.2) is 0 Å². The highest BCUT2D eigenvalue weighted by atomic mass is 32.1. The van der Waals surface area contributed by atoms with E-state index in [-0.39, 0.29) is 30.2 Å². The van der Waals surface area contributed by atoms with Crippen LogP contribution in [-0.4, -0.2) is 48.9 Å². The van der Waals surface area contributed by atoms with Crippen LogP contribution < -0.4 is 10.6 Å². The zero-order chi connectivity index (χ0) is 22.2. The van der Waals surface area contributed by atoms with E-state index in [2.05, 4.69) is 15.5 Å². The largest absolute Gasteiger partial charge is 0.462 e. The molecular weight excluding hydrogens is 414 g/mol. The van der Waals surface area contributed by atoms with Crippen molar-refractivity contribution in [2.75, 3.05) is 31.6 Å². The monoisotopic (exact) mass is 443 g/mol. The molecule has 0 bridgehead atoms. The molecule has 0 atom stereocenters. The van der Waals surface area contributed by atoms with Crippen LogP contribution in [0.2, 0.25) is 0 Å². The molecule has 166 valence electrons. The van der Waals surface area contributed by atoms with E-state index in [1.807, 2.05) is 37.3 Å². The second-order valence-corrected chi connectivity index (χ2v) is 8.70. The minimum atomic E-state index is -0.363. The van der Waals surface area contributed by atoms with Gasteiger partial charge in [0.2, 0.25) is 11.8 Å². The summed E-state index contributed by atoms with van der Waals surface area (Å²) in [5.74, 6) is -0.426. The van der Waals surface area contributed by atoms with Gasteiger partial charge >= 0.3 is 5.97 Å². The Morgan fingerprint density at radius 1 is 1.16 bits per heavy atom. The predicted molar refractivity (Wildman–Crippen MR) is 121 cm³/mol. The molecule has 1 aromatic carbocycles. The Morgan fingerprint density at radius 2 is 1.87 bits per heavy atom.